The van der Waals surface area contributed by atoms with Crippen molar-refractivity contribution < 1.29 is 86.4 Å². The number of amides is 13. The van der Waals surface area contributed by atoms with Crippen molar-refractivity contribution in [3.05, 3.63) is 35.9 Å². The van der Waals surface area contributed by atoms with Crippen LogP contribution in [-0.2, 0) is 82.9 Å². The number of aliphatic carboxylic acids is 1. The molecule has 0 unspecified atom stereocenters. The van der Waals surface area contributed by atoms with Crippen LogP contribution in [0.4, 0.5) is 4.79 Å². The van der Waals surface area contributed by atoms with Crippen LogP contribution < -0.4 is 75.7 Å². The summed E-state index contributed by atoms with van der Waals surface area (Å²) in [5, 5.41) is 37.0. The number of hydrogen-bond acceptors (Lipinski definition) is 21. The first-order chi connectivity index (χ1) is 40.7. The topological polar surface area (TPSA) is 489 Å². The molecule has 18 N–H and O–H groups in total. The number of ether oxygens (including phenoxy) is 4. The standard InChI is InChI=1S/C50H80N14O18S3/c51-11-5-4-9-32-45(73)62-35(26-83)48(76)60-31(10-6-12-56-50(53)78)43(71)57-23-39(66)59-34(22-42(69)70)47(75)63-36(27-84)49(77)61-33(21-30-7-2-1-3-8-30)46(74)64-37(28-85-29-41(68)58-32)44(72)55-14-16-80-18-20-81-19-17-79-15-13-54-40(67)25-82-24-38(52)65/h1-3,7-8,31-37,83-84H,4-6,9-29,51H2,(H2,52,65)(H,54,67)(H,55,72)(H,57,71)(H,58,68)(H,59,66)(H,60,76)(H,61,77)(H,62,73)(H,63,75)(H,64,74)(H,69,70)(H3,53,56,78)/t31-,32-,33-,34-,35-,36-,37-/m0/s1. The lowest BCUT2D eigenvalue weighted by Crippen LogP contribution is -2.60. The molecule has 1 aliphatic heterocycles. The lowest BCUT2D eigenvalue weighted by atomic mass is 10.0. The fourth-order valence-corrected chi connectivity index (χ4v) is 8.81. The highest BCUT2D eigenvalue weighted by Gasteiger charge is 2.34. The number of unbranched alkanes of at least 4 members (excludes halogenated alkanes) is 1. The molecule has 13 amide bonds. The summed E-state index contributed by atoms with van der Waals surface area (Å²) in [6.07, 6.45) is -0.401. The summed E-state index contributed by atoms with van der Waals surface area (Å²) in [7, 11) is 0. The first kappa shape index (κ1) is 74.1. The molecule has 0 radical (unpaired) electrons. The molecule has 35 heteroatoms. The number of hydrogen-bond donors (Lipinski definition) is 17. The maximum atomic E-state index is 14.3. The number of thioether (sulfide) groups is 1. The van der Waals surface area contributed by atoms with Gasteiger partial charge in [0.05, 0.1) is 58.4 Å². The molecule has 1 heterocycles. The Morgan fingerprint density at radius 1 is 0.576 bits per heavy atom. The monoisotopic (exact) mass is 1260 g/mol. The van der Waals surface area contributed by atoms with Gasteiger partial charge in [0.1, 0.15) is 55.5 Å². The largest absolute Gasteiger partial charge is 0.481 e. The molecule has 0 aliphatic carbocycles. The molecule has 0 spiro atoms. The van der Waals surface area contributed by atoms with Crippen molar-refractivity contribution >= 4 is 114 Å². The van der Waals surface area contributed by atoms with Gasteiger partial charge >= 0.3 is 12.0 Å². The predicted octanol–water partition coefficient (Wildman–Crippen LogP) is -6.82. The van der Waals surface area contributed by atoms with Crippen molar-refractivity contribution in [2.24, 2.45) is 17.2 Å². The van der Waals surface area contributed by atoms with Crippen molar-refractivity contribution in [2.45, 2.75) is 87.2 Å². The Morgan fingerprint density at radius 3 is 1.69 bits per heavy atom. The van der Waals surface area contributed by atoms with Gasteiger partial charge in [0.15, 0.2) is 0 Å². The summed E-state index contributed by atoms with van der Waals surface area (Å²) in [5.41, 5.74) is 16.4. The minimum Gasteiger partial charge on any atom is -0.481 e. The molecule has 32 nitrogen and oxygen atoms in total. The van der Waals surface area contributed by atoms with Gasteiger partial charge in [-0.05, 0) is 44.2 Å². The van der Waals surface area contributed by atoms with Gasteiger partial charge in [-0.1, -0.05) is 30.3 Å². The number of carbonyl (C=O) groups is 13. The second-order valence-corrected chi connectivity index (χ2v) is 20.3. The predicted molar refractivity (Wildman–Crippen MR) is 312 cm³/mol. The third kappa shape index (κ3) is 33.3. The van der Waals surface area contributed by atoms with Crippen LogP contribution in [0.3, 0.4) is 0 Å². The van der Waals surface area contributed by atoms with Gasteiger partial charge in [-0.15, -0.1) is 11.8 Å². The van der Waals surface area contributed by atoms with Gasteiger partial charge in [0, 0.05) is 43.3 Å². The number of urea groups is 1. The van der Waals surface area contributed by atoms with Gasteiger partial charge in [-0.3, -0.25) is 57.5 Å². The van der Waals surface area contributed by atoms with E-state index in [0.717, 1.165) is 11.8 Å². The quantitative estimate of drug-likeness (QED) is 0.0243. The van der Waals surface area contributed by atoms with E-state index in [1.54, 1.807) is 30.3 Å². The van der Waals surface area contributed by atoms with E-state index in [-0.39, 0.29) is 122 Å². The van der Waals surface area contributed by atoms with E-state index in [2.05, 4.69) is 83.7 Å². The van der Waals surface area contributed by atoms with Crippen molar-refractivity contribution in [3.63, 3.8) is 0 Å². The van der Waals surface area contributed by atoms with E-state index < -0.39 is 138 Å². The number of thiol groups is 2. The second-order valence-electron chi connectivity index (χ2n) is 18.6. The molecule has 0 aromatic heterocycles. The number of rotatable bonds is 31. The van der Waals surface area contributed by atoms with E-state index in [1.165, 1.54) is 0 Å². The Kier molecular flexibility index (Phi) is 38.0. The number of carboxylic acid groups (broad SMARTS) is 1. The first-order valence-corrected chi connectivity index (χ1v) is 29.4. The maximum Gasteiger partial charge on any atom is 0.312 e. The number of benzene rings is 1. The molecule has 0 saturated carbocycles. The molecule has 1 aliphatic rings. The molecular formula is C50H80N14O18S3. The summed E-state index contributed by atoms with van der Waals surface area (Å²) in [6.45, 7) is -0.446. The number of carboxylic acids is 1. The van der Waals surface area contributed by atoms with Crippen LogP contribution in [0.25, 0.3) is 0 Å². The number of carbonyl (C=O) groups excluding carboxylic acids is 12. The zero-order valence-electron chi connectivity index (χ0n) is 46.8. The average molecular weight is 1260 g/mol. The van der Waals surface area contributed by atoms with E-state index in [4.69, 9.17) is 36.1 Å². The van der Waals surface area contributed by atoms with E-state index >= 15 is 0 Å². The fraction of sp³-hybridized carbons (Fsp3) is 0.620. The molecule has 1 fully saturated rings. The molecule has 2 rings (SSSR count). The average Bonchev–Trinajstić information content (AvgIpc) is 3.67. The van der Waals surface area contributed by atoms with Crippen molar-refractivity contribution in [3.8, 4) is 0 Å². The molecule has 476 valence electrons. The minimum atomic E-state index is -1.84. The Hall–Kier alpha value is -7.02. The zero-order chi connectivity index (χ0) is 62.9. The van der Waals surface area contributed by atoms with Crippen LogP contribution in [0.2, 0.25) is 0 Å². The lowest BCUT2D eigenvalue weighted by Gasteiger charge is -2.26. The van der Waals surface area contributed by atoms with Gasteiger partial charge in [0.25, 0.3) is 0 Å². The normalized spacial score (nSPS) is 21.0. The smallest absolute Gasteiger partial charge is 0.312 e. The molecule has 7 atom stereocenters. The van der Waals surface area contributed by atoms with E-state index in [9.17, 15) is 67.4 Å². The summed E-state index contributed by atoms with van der Waals surface area (Å²) in [6, 6.07) is -2.81. The van der Waals surface area contributed by atoms with Crippen LogP contribution in [0.15, 0.2) is 30.3 Å². The minimum absolute atomic E-state index is 0.0136. The summed E-state index contributed by atoms with van der Waals surface area (Å²) in [5.74, 6) is -12.3. The molecule has 0 bridgehead atoms. The molecule has 85 heavy (non-hydrogen) atoms. The van der Waals surface area contributed by atoms with Gasteiger partial charge < -0.3 is 99.7 Å². The summed E-state index contributed by atoms with van der Waals surface area (Å²) >= 11 is 9.33. The first-order valence-electron chi connectivity index (χ1n) is 27.0. The third-order valence-corrected chi connectivity index (χ3v) is 13.5. The van der Waals surface area contributed by atoms with Crippen LogP contribution in [-0.4, -0.2) is 233 Å². The Morgan fingerprint density at radius 2 is 1.11 bits per heavy atom. The van der Waals surface area contributed by atoms with Crippen LogP contribution in [0, 0.1) is 0 Å². The van der Waals surface area contributed by atoms with Crippen LogP contribution >= 0.6 is 37.0 Å². The Labute approximate surface area is 505 Å². The Bertz CT molecular complexity index is 2350. The number of primary amides is 2. The molecular weight excluding hydrogens is 1180 g/mol. The molecule has 1 aromatic carbocycles. The molecule has 1 saturated heterocycles. The van der Waals surface area contributed by atoms with Gasteiger partial charge in [-0.25, -0.2) is 4.79 Å². The van der Waals surface area contributed by atoms with Gasteiger partial charge in [-0.2, -0.15) is 25.3 Å². The third-order valence-electron chi connectivity index (χ3n) is 11.7. The summed E-state index contributed by atoms with van der Waals surface area (Å²) < 4.78 is 21.3. The van der Waals surface area contributed by atoms with Crippen molar-refractivity contribution in [2.75, 3.05) is 109 Å². The van der Waals surface area contributed by atoms with Crippen molar-refractivity contribution in [1.82, 2.24) is 58.5 Å². The van der Waals surface area contributed by atoms with Crippen LogP contribution in [0.1, 0.15) is 44.1 Å². The lowest BCUT2D eigenvalue weighted by molar-refractivity contribution is -0.141. The van der Waals surface area contributed by atoms with E-state index in [0.29, 0.717) is 18.4 Å². The van der Waals surface area contributed by atoms with Gasteiger partial charge in [0.2, 0.25) is 65.0 Å². The number of nitrogens with one attached hydrogen (secondary N) is 11. The SMILES string of the molecule is NCCCC[C@@H]1NC(=O)CSC[C@@H](C(=O)NCCOCCOCCOCCNC(=O)COCC(N)=O)NC(=O)[C@H](Cc2ccccc2)NC(=O)[C@H](CS)NC(=O)[C@H](CC(=O)O)NC(=O)CNC(=O)[C@H](CCCNC(N)=O)NC(=O)[C@H](CS)NC1=O. The highest BCUT2D eigenvalue weighted by Crippen LogP contribution is 2.10. The zero-order valence-corrected chi connectivity index (χ0v) is 49.4. The number of nitrogens with two attached hydrogens (primary N) is 3. The Balaban J connectivity index is 2.41. The highest BCUT2D eigenvalue weighted by atomic mass is 32.2. The molecule has 1 aromatic rings. The highest BCUT2D eigenvalue weighted by molar-refractivity contribution is 8.00. The van der Waals surface area contributed by atoms with Crippen LogP contribution in [0.5, 0.6) is 0 Å². The fourth-order valence-electron chi connectivity index (χ4n) is 7.43. The van der Waals surface area contributed by atoms with Crippen molar-refractivity contribution in [1.29, 1.82) is 0 Å². The maximum absolute atomic E-state index is 14.3. The van der Waals surface area contributed by atoms with E-state index in [1.807, 2.05) is 0 Å². The summed E-state index contributed by atoms with van der Waals surface area (Å²) in [4.78, 5) is 169. The second kappa shape index (κ2) is 43.6.